The third-order valence-electron chi connectivity index (χ3n) is 6.06. The average molecular weight is 406 g/mol. The van der Waals surface area contributed by atoms with Crippen LogP contribution in [0.1, 0.15) is 30.4 Å². The second-order valence-electron chi connectivity index (χ2n) is 8.52. The minimum absolute atomic E-state index is 0.272. The lowest BCUT2D eigenvalue weighted by Gasteiger charge is -2.42. The molecule has 0 saturated heterocycles. The molecule has 1 fully saturated rings. The molecule has 30 heavy (non-hydrogen) atoms. The third-order valence-corrected chi connectivity index (χ3v) is 6.06. The summed E-state index contributed by atoms with van der Waals surface area (Å²) in [5.74, 6) is 0.987. The van der Waals surface area contributed by atoms with Crippen molar-refractivity contribution in [2.45, 2.75) is 25.8 Å². The van der Waals surface area contributed by atoms with Gasteiger partial charge in [-0.1, -0.05) is 35.9 Å². The van der Waals surface area contributed by atoms with Crippen LogP contribution in [-0.4, -0.2) is 24.4 Å². The van der Waals surface area contributed by atoms with Crippen LogP contribution in [0, 0.1) is 17.7 Å². The van der Waals surface area contributed by atoms with Crippen LogP contribution < -0.4 is 11.1 Å². The van der Waals surface area contributed by atoms with Gasteiger partial charge in [0.2, 0.25) is 5.91 Å². The molecule has 3 aliphatic carbocycles. The van der Waals surface area contributed by atoms with Gasteiger partial charge in [0.25, 0.3) is 0 Å². The Morgan fingerprint density at radius 3 is 2.67 bits per heavy atom. The zero-order valence-corrected chi connectivity index (χ0v) is 17.3. The van der Waals surface area contributed by atoms with Crippen LogP contribution in [0.3, 0.4) is 0 Å². The quantitative estimate of drug-likeness (QED) is 0.393. The molecule has 3 aliphatic rings. The van der Waals surface area contributed by atoms with Gasteiger partial charge in [0.05, 0.1) is 11.4 Å². The Hall–Kier alpha value is -2.92. The zero-order chi connectivity index (χ0) is 21.1. The Labute approximate surface area is 177 Å². The number of nitrogens with two attached hydrogens (primary N) is 1. The van der Waals surface area contributed by atoms with Crippen LogP contribution in [0.15, 0.2) is 60.2 Å². The van der Waals surface area contributed by atoms with E-state index < -0.39 is 5.82 Å². The fourth-order valence-corrected chi connectivity index (χ4v) is 4.31. The van der Waals surface area contributed by atoms with E-state index in [0.717, 1.165) is 30.5 Å². The first kappa shape index (κ1) is 20.4. The number of fused-ring (bicyclic) bond motifs is 1. The number of nitrogens with one attached hydrogen (secondary N) is 1. The Kier molecular flexibility index (Phi) is 6.00. The van der Waals surface area contributed by atoms with Gasteiger partial charge >= 0.3 is 0 Å². The van der Waals surface area contributed by atoms with Crippen molar-refractivity contribution < 1.29 is 9.18 Å². The minimum Gasteiger partial charge on any atom is -0.397 e. The standard InChI is InChI=1S/C25H28FN3O/c1-29(16-20-8-6-19-12-21(20)13-19)15-18-4-2-17(3-5-18)7-11-25(30)28-24-14-22(26)9-10-23(24)27/h2-5,7-11,14,19,21H,6,12-13,15-16,27H2,1H3,(H,28,30)/b11-7+. The lowest BCUT2D eigenvalue weighted by Crippen LogP contribution is -2.34. The summed E-state index contributed by atoms with van der Waals surface area (Å²) in [4.78, 5) is 14.5. The number of nitrogen functional groups attached to an aromatic ring is 1. The molecule has 0 radical (unpaired) electrons. The number of nitrogens with zero attached hydrogens (tertiary/aromatic N) is 1. The van der Waals surface area contributed by atoms with Crippen molar-refractivity contribution in [2.24, 2.45) is 11.8 Å². The molecule has 0 spiro atoms. The topological polar surface area (TPSA) is 58.4 Å². The number of carbonyl (C=O) groups excluding carboxylic acids is 1. The normalized spacial score (nSPS) is 20.2. The Morgan fingerprint density at radius 1 is 1.20 bits per heavy atom. The number of amides is 1. The molecule has 5 rings (SSSR count). The zero-order valence-electron chi connectivity index (χ0n) is 17.3. The maximum atomic E-state index is 13.3. The number of allylic oxidation sites excluding steroid dienone is 1. The van der Waals surface area contributed by atoms with Crippen LogP contribution in [0.5, 0.6) is 0 Å². The van der Waals surface area contributed by atoms with Gasteiger partial charge in [-0.2, -0.15) is 0 Å². The van der Waals surface area contributed by atoms with E-state index >= 15 is 0 Å². The molecule has 156 valence electrons. The molecular formula is C25H28FN3O. The van der Waals surface area contributed by atoms with Crippen molar-refractivity contribution in [2.75, 3.05) is 24.6 Å². The second kappa shape index (κ2) is 8.84. The number of benzene rings is 2. The van der Waals surface area contributed by atoms with Gasteiger partial charge in [-0.05, 0) is 73.5 Å². The molecule has 2 aromatic carbocycles. The molecule has 1 amide bonds. The third kappa shape index (κ3) is 4.97. The first-order valence-electron chi connectivity index (χ1n) is 10.5. The van der Waals surface area contributed by atoms with E-state index in [4.69, 9.17) is 5.73 Å². The maximum Gasteiger partial charge on any atom is 0.248 e. The minimum atomic E-state index is -0.444. The van der Waals surface area contributed by atoms with E-state index in [-0.39, 0.29) is 11.6 Å². The summed E-state index contributed by atoms with van der Waals surface area (Å²) in [6.07, 6.45) is 9.65. The summed E-state index contributed by atoms with van der Waals surface area (Å²) < 4.78 is 13.3. The van der Waals surface area contributed by atoms with E-state index in [1.165, 1.54) is 49.1 Å². The molecule has 0 atom stereocenters. The summed E-state index contributed by atoms with van der Waals surface area (Å²) in [6, 6.07) is 12.1. The lowest BCUT2D eigenvalue weighted by atomic mass is 9.65. The molecule has 0 heterocycles. The number of hydrogen-bond acceptors (Lipinski definition) is 3. The van der Waals surface area contributed by atoms with Gasteiger partial charge in [0.1, 0.15) is 5.82 Å². The van der Waals surface area contributed by atoms with Crippen molar-refractivity contribution in [3.63, 3.8) is 0 Å². The number of hydrogen-bond donors (Lipinski definition) is 2. The summed E-state index contributed by atoms with van der Waals surface area (Å²) in [5.41, 5.74) is 10.1. The number of likely N-dealkylation sites (N-methyl/N-ethyl adjacent to an activating group) is 1. The van der Waals surface area contributed by atoms with E-state index in [1.54, 1.807) is 11.6 Å². The molecule has 5 heteroatoms. The van der Waals surface area contributed by atoms with Crippen LogP contribution in [-0.2, 0) is 11.3 Å². The Morgan fingerprint density at radius 2 is 1.97 bits per heavy atom. The predicted octanol–water partition coefficient (Wildman–Crippen LogP) is 4.85. The first-order chi connectivity index (χ1) is 14.5. The highest BCUT2D eigenvalue weighted by molar-refractivity contribution is 6.03. The van der Waals surface area contributed by atoms with Crippen LogP contribution in [0.2, 0.25) is 0 Å². The van der Waals surface area contributed by atoms with Crippen molar-refractivity contribution in [1.29, 1.82) is 0 Å². The van der Waals surface area contributed by atoms with Gasteiger partial charge in [0.15, 0.2) is 0 Å². The molecule has 2 aromatic rings. The monoisotopic (exact) mass is 405 g/mol. The van der Waals surface area contributed by atoms with Gasteiger partial charge < -0.3 is 11.1 Å². The second-order valence-corrected chi connectivity index (χ2v) is 8.52. The molecule has 0 aromatic heterocycles. The fourth-order valence-electron chi connectivity index (χ4n) is 4.31. The Balaban J connectivity index is 1.29. The Bertz CT molecular complexity index is 974. The van der Waals surface area contributed by atoms with E-state index in [0.29, 0.717) is 5.69 Å². The number of rotatable bonds is 7. The fraction of sp³-hybridized carbons (Fsp3) is 0.320. The van der Waals surface area contributed by atoms with Gasteiger partial charge in [0, 0.05) is 19.2 Å². The van der Waals surface area contributed by atoms with E-state index in [9.17, 15) is 9.18 Å². The molecular weight excluding hydrogens is 377 g/mol. The van der Waals surface area contributed by atoms with Crippen LogP contribution >= 0.6 is 0 Å². The molecule has 4 nitrogen and oxygen atoms in total. The van der Waals surface area contributed by atoms with E-state index in [2.05, 4.69) is 35.5 Å². The highest BCUT2D eigenvalue weighted by atomic mass is 19.1. The van der Waals surface area contributed by atoms with Gasteiger partial charge in [-0.15, -0.1) is 0 Å². The summed E-state index contributed by atoms with van der Waals surface area (Å²) >= 11 is 0. The number of anilines is 2. The number of halogens is 1. The molecule has 2 bridgehead atoms. The molecule has 0 aliphatic heterocycles. The van der Waals surface area contributed by atoms with Crippen molar-refractivity contribution >= 4 is 23.4 Å². The average Bonchev–Trinajstić information content (AvgIpc) is 2.70. The summed E-state index contributed by atoms with van der Waals surface area (Å²) in [5, 5.41) is 2.60. The van der Waals surface area contributed by atoms with E-state index in [1.807, 2.05) is 12.1 Å². The highest BCUT2D eigenvalue weighted by Crippen LogP contribution is 2.45. The summed E-state index contributed by atoms with van der Waals surface area (Å²) in [7, 11) is 2.17. The molecule has 3 N–H and O–H groups in total. The van der Waals surface area contributed by atoms with Gasteiger partial charge in [-0.25, -0.2) is 4.39 Å². The summed E-state index contributed by atoms with van der Waals surface area (Å²) in [6.45, 7) is 1.94. The van der Waals surface area contributed by atoms with Gasteiger partial charge in [-0.3, -0.25) is 9.69 Å². The van der Waals surface area contributed by atoms with Crippen molar-refractivity contribution in [3.8, 4) is 0 Å². The first-order valence-corrected chi connectivity index (χ1v) is 10.5. The molecule has 0 unspecified atom stereocenters. The molecule has 1 saturated carbocycles. The van der Waals surface area contributed by atoms with Crippen molar-refractivity contribution in [3.05, 3.63) is 77.1 Å². The lowest BCUT2D eigenvalue weighted by molar-refractivity contribution is -0.111. The van der Waals surface area contributed by atoms with Crippen LogP contribution in [0.25, 0.3) is 6.08 Å². The SMILES string of the molecule is CN(CC1=CCC2CC1C2)Cc1ccc(/C=C/C(=O)Nc2cc(F)ccc2N)cc1. The largest absolute Gasteiger partial charge is 0.397 e. The maximum absolute atomic E-state index is 13.3. The predicted molar refractivity (Wildman–Crippen MR) is 120 cm³/mol. The highest BCUT2D eigenvalue weighted by Gasteiger charge is 2.34. The van der Waals surface area contributed by atoms with Crippen molar-refractivity contribution in [1.82, 2.24) is 4.90 Å². The smallest absolute Gasteiger partial charge is 0.248 e. The number of carbonyl (C=O) groups is 1. The van der Waals surface area contributed by atoms with Crippen LogP contribution in [0.4, 0.5) is 15.8 Å².